The molecule has 2 atom stereocenters. The van der Waals surface area contributed by atoms with E-state index in [0.717, 1.165) is 6.42 Å². The Balaban J connectivity index is 3.66. The molecule has 0 aromatic rings. The van der Waals surface area contributed by atoms with E-state index < -0.39 is 22.8 Å². The predicted molar refractivity (Wildman–Crippen MR) is 43.8 cm³/mol. The van der Waals surface area contributed by atoms with Crippen LogP contribution >= 0.6 is 0 Å². The SMILES string of the molecule is CCC[S@](=O)C[C@H](N)C(=O)O. The maximum atomic E-state index is 10.9. The first-order chi connectivity index (χ1) is 5.07. The monoisotopic (exact) mass is 179 g/mol. The summed E-state index contributed by atoms with van der Waals surface area (Å²) in [4.78, 5) is 10.2. The summed E-state index contributed by atoms with van der Waals surface area (Å²) in [6.07, 6.45) is 0.791. The van der Waals surface area contributed by atoms with Gasteiger partial charge in [0, 0.05) is 22.3 Å². The number of rotatable bonds is 5. The summed E-state index contributed by atoms with van der Waals surface area (Å²) in [6, 6.07) is -0.984. The van der Waals surface area contributed by atoms with Crippen LogP contribution in [0.5, 0.6) is 0 Å². The zero-order valence-corrected chi connectivity index (χ0v) is 7.26. The van der Waals surface area contributed by atoms with Gasteiger partial charge in [-0.25, -0.2) is 0 Å². The molecule has 0 aromatic carbocycles. The van der Waals surface area contributed by atoms with Crippen LogP contribution < -0.4 is 5.73 Å². The van der Waals surface area contributed by atoms with Crippen molar-refractivity contribution >= 4 is 16.8 Å². The summed E-state index contributed by atoms with van der Waals surface area (Å²) in [5, 5.41) is 8.34. The Morgan fingerprint density at radius 1 is 1.73 bits per heavy atom. The van der Waals surface area contributed by atoms with E-state index in [0.29, 0.717) is 5.75 Å². The minimum absolute atomic E-state index is 0.0587. The Hall–Kier alpha value is -0.420. The maximum Gasteiger partial charge on any atom is 0.321 e. The van der Waals surface area contributed by atoms with Crippen LogP contribution in [0.2, 0.25) is 0 Å². The van der Waals surface area contributed by atoms with Gasteiger partial charge in [0.05, 0.1) is 0 Å². The molecular formula is C6H13NO3S. The number of carbonyl (C=O) groups is 1. The molecule has 0 radical (unpaired) electrons. The fraction of sp³-hybridized carbons (Fsp3) is 0.833. The first kappa shape index (κ1) is 10.6. The Kier molecular flexibility index (Phi) is 5.06. The van der Waals surface area contributed by atoms with Crippen molar-refractivity contribution in [1.82, 2.24) is 0 Å². The highest BCUT2D eigenvalue weighted by Crippen LogP contribution is 1.90. The molecule has 0 aromatic heterocycles. The van der Waals surface area contributed by atoms with Gasteiger partial charge in [-0.1, -0.05) is 6.92 Å². The minimum atomic E-state index is -1.09. The summed E-state index contributed by atoms with van der Waals surface area (Å²) in [7, 11) is -1.08. The standard InChI is InChI=1S/C6H13NO3S/c1-2-3-11(10)4-5(7)6(8)9/h5H,2-4,7H2,1H3,(H,8,9)/t5-,11-/m0/s1. The van der Waals surface area contributed by atoms with Gasteiger partial charge in [0.15, 0.2) is 0 Å². The van der Waals surface area contributed by atoms with Gasteiger partial charge in [-0.05, 0) is 6.42 Å². The minimum Gasteiger partial charge on any atom is -0.480 e. The van der Waals surface area contributed by atoms with Crippen LogP contribution in [0.25, 0.3) is 0 Å². The molecule has 0 aliphatic carbocycles. The number of hydrogen-bond donors (Lipinski definition) is 2. The molecule has 11 heavy (non-hydrogen) atoms. The maximum absolute atomic E-state index is 10.9. The number of aliphatic carboxylic acids is 1. The van der Waals surface area contributed by atoms with Gasteiger partial charge in [-0.2, -0.15) is 0 Å². The zero-order valence-electron chi connectivity index (χ0n) is 6.45. The Morgan fingerprint density at radius 2 is 2.27 bits per heavy atom. The highest BCUT2D eigenvalue weighted by Gasteiger charge is 2.13. The van der Waals surface area contributed by atoms with Crippen molar-refractivity contribution < 1.29 is 14.1 Å². The average Bonchev–Trinajstić information content (AvgIpc) is 1.87. The molecule has 0 amide bonds. The van der Waals surface area contributed by atoms with Gasteiger partial charge >= 0.3 is 5.97 Å². The molecule has 0 aliphatic rings. The zero-order chi connectivity index (χ0) is 8.85. The first-order valence-corrected chi connectivity index (χ1v) is 4.90. The van der Waals surface area contributed by atoms with Crippen molar-refractivity contribution in [3.8, 4) is 0 Å². The van der Waals surface area contributed by atoms with Gasteiger partial charge in [0.2, 0.25) is 0 Å². The van der Waals surface area contributed by atoms with Gasteiger partial charge < -0.3 is 10.8 Å². The molecule has 0 saturated carbocycles. The van der Waals surface area contributed by atoms with Crippen molar-refractivity contribution in [2.45, 2.75) is 19.4 Å². The molecule has 0 aliphatic heterocycles. The third-order valence-electron chi connectivity index (χ3n) is 1.11. The lowest BCUT2D eigenvalue weighted by Gasteiger charge is -2.04. The fourth-order valence-electron chi connectivity index (χ4n) is 0.583. The lowest BCUT2D eigenvalue weighted by Crippen LogP contribution is -2.35. The van der Waals surface area contributed by atoms with E-state index in [1.807, 2.05) is 6.92 Å². The van der Waals surface area contributed by atoms with Crippen LogP contribution in [0, 0.1) is 0 Å². The van der Waals surface area contributed by atoms with Crippen molar-refractivity contribution in [3.63, 3.8) is 0 Å². The number of nitrogens with two attached hydrogens (primary N) is 1. The van der Waals surface area contributed by atoms with Gasteiger partial charge in [-0.15, -0.1) is 0 Å². The van der Waals surface area contributed by atoms with E-state index >= 15 is 0 Å². The summed E-state index contributed by atoms with van der Waals surface area (Å²) >= 11 is 0. The lowest BCUT2D eigenvalue weighted by molar-refractivity contribution is -0.137. The molecule has 0 bridgehead atoms. The Bertz CT molecular complexity index is 160. The molecule has 0 saturated heterocycles. The van der Waals surface area contributed by atoms with E-state index in [2.05, 4.69) is 0 Å². The molecule has 0 spiro atoms. The molecule has 0 heterocycles. The third kappa shape index (κ3) is 4.92. The third-order valence-corrected chi connectivity index (χ3v) is 2.71. The van der Waals surface area contributed by atoms with E-state index in [1.54, 1.807) is 0 Å². The second kappa shape index (κ2) is 5.26. The Labute approximate surface area is 68.2 Å². The smallest absolute Gasteiger partial charge is 0.321 e. The van der Waals surface area contributed by atoms with Crippen LogP contribution in [0.4, 0.5) is 0 Å². The van der Waals surface area contributed by atoms with E-state index in [-0.39, 0.29) is 5.75 Å². The van der Waals surface area contributed by atoms with Crippen molar-refractivity contribution in [1.29, 1.82) is 0 Å². The number of carboxylic acid groups (broad SMARTS) is 1. The largest absolute Gasteiger partial charge is 0.480 e. The number of hydrogen-bond acceptors (Lipinski definition) is 3. The lowest BCUT2D eigenvalue weighted by atomic mass is 10.4. The molecule has 4 nitrogen and oxygen atoms in total. The van der Waals surface area contributed by atoms with Gasteiger partial charge in [0.1, 0.15) is 6.04 Å². The molecule has 0 fully saturated rings. The predicted octanol–water partition coefficient (Wildman–Crippen LogP) is -0.443. The summed E-state index contributed by atoms with van der Waals surface area (Å²) in [5.41, 5.74) is 5.16. The second-order valence-electron chi connectivity index (χ2n) is 2.26. The summed E-state index contributed by atoms with van der Waals surface area (Å²) in [6.45, 7) is 1.89. The highest BCUT2D eigenvalue weighted by atomic mass is 32.2. The van der Waals surface area contributed by atoms with Gasteiger partial charge in [0.25, 0.3) is 0 Å². The van der Waals surface area contributed by atoms with Crippen LogP contribution in [0.15, 0.2) is 0 Å². The van der Waals surface area contributed by atoms with Crippen LogP contribution in [0.1, 0.15) is 13.3 Å². The van der Waals surface area contributed by atoms with Crippen LogP contribution in [-0.2, 0) is 15.6 Å². The van der Waals surface area contributed by atoms with E-state index in [4.69, 9.17) is 10.8 Å². The highest BCUT2D eigenvalue weighted by molar-refractivity contribution is 7.85. The molecule has 3 N–H and O–H groups in total. The Morgan fingerprint density at radius 3 is 2.64 bits per heavy atom. The molecule has 66 valence electrons. The van der Waals surface area contributed by atoms with Crippen LogP contribution in [-0.4, -0.2) is 32.8 Å². The van der Waals surface area contributed by atoms with E-state index in [9.17, 15) is 9.00 Å². The topological polar surface area (TPSA) is 80.4 Å². The average molecular weight is 179 g/mol. The van der Waals surface area contributed by atoms with Crippen molar-refractivity contribution in [2.24, 2.45) is 5.73 Å². The van der Waals surface area contributed by atoms with Crippen molar-refractivity contribution in [3.05, 3.63) is 0 Å². The van der Waals surface area contributed by atoms with Crippen molar-refractivity contribution in [2.75, 3.05) is 11.5 Å². The number of carboxylic acids is 1. The molecule has 5 heteroatoms. The quantitative estimate of drug-likeness (QED) is 0.599. The molecule has 0 rings (SSSR count). The second-order valence-corrected chi connectivity index (χ2v) is 3.88. The molecular weight excluding hydrogens is 166 g/mol. The fourth-order valence-corrected chi connectivity index (χ4v) is 1.75. The first-order valence-electron chi connectivity index (χ1n) is 3.41. The van der Waals surface area contributed by atoms with Crippen LogP contribution in [0.3, 0.4) is 0 Å². The normalized spacial score (nSPS) is 15.8. The summed E-state index contributed by atoms with van der Waals surface area (Å²) < 4.78 is 10.9. The van der Waals surface area contributed by atoms with E-state index in [1.165, 1.54) is 0 Å². The summed E-state index contributed by atoms with van der Waals surface area (Å²) in [5.74, 6) is -0.501. The molecule has 0 unspecified atom stereocenters. The van der Waals surface area contributed by atoms with Gasteiger partial charge in [-0.3, -0.25) is 9.00 Å².